The van der Waals surface area contributed by atoms with Crippen LogP contribution < -0.4 is 5.32 Å². The Balaban J connectivity index is 2.25. The van der Waals surface area contributed by atoms with Gasteiger partial charge in [0, 0.05) is 6.04 Å². The molecule has 0 bridgehead atoms. The maximum atomic E-state index is 13.6. The van der Waals surface area contributed by atoms with Crippen LogP contribution in [-0.2, 0) is 0 Å². The molecule has 1 fully saturated rings. The highest BCUT2D eigenvalue weighted by Gasteiger charge is 2.31. The first-order valence-corrected chi connectivity index (χ1v) is 8.35. The minimum atomic E-state index is -0.760. The molecule has 1 N–H and O–H groups in total. The summed E-state index contributed by atoms with van der Waals surface area (Å²) in [6.45, 7) is 5.29. The van der Waals surface area contributed by atoms with Crippen molar-refractivity contribution in [2.45, 2.75) is 58.4 Å². The van der Waals surface area contributed by atoms with E-state index in [-0.39, 0.29) is 6.04 Å². The van der Waals surface area contributed by atoms with Crippen LogP contribution in [-0.4, -0.2) is 6.54 Å². The first-order valence-electron chi connectivity index (χ1n) is 8.35. The highest BCUT2D eigenvalue weighted by Crippen LogP contribution is 2.40. The number of hydrogen-bond acceptors (Lipinski definition) is 1. The lowest BCUT2D eigenvalue weighted by Crippen LogP contribution is -2.35. The molecule has 0 spiro atoms. The van der Waals surface area contributed by atoms with Crippen LogP contribution in [0.5, 0.6) is 0 Å². The van der Waals surface area contributed by atoms with E-state index in [9.17, 15) is 8.78 Å². The van der Waals surface area contributed by atoms with Crippen molar-refractivity contribution in [1.82, 2.24) is 5.32 Å². The minimum absolute atomic E-state index is 0.144. The maximum Gasteiger partial charge on any atom is 0.159 e. The van der Waals surface area contributed by atoms with Crippen LogP contribution >= 0.6 is 0 Å². The van der Waals surface area contributed by atoms with Crippen LogP contribution in [0.1, 0.15) is 64.0 Å². The monoisotopic (exact) mass is 295 g/mol. The second-order valence-electron chi connectivity index (χ2n) is 6.22. The molecule has 1 aliphatic carbocycles. The number of rotatable bonds is 6. The molecule has 0 aliphatic heterocycles. The van der Waals surface area contributed by atoms with Crippen molar-refractivity contribution in [2.24, 2.45) is 11.8 Å². The maximum absolute atomic E-state index is 13.6. The molecule has 3 atom stereocenters. The predicted octanol–water partition coefficient (Wildman–Crippen LogP) is 5.22. The molecule has 1 aliphatic rings. The normalized spacial score (nSPS) is 24.0. The summed E-state index contributed by atoms with van der Waals surface area (Å²) >= 11 is 0. The summed E-state index contributed by atoms with van der Waals surface area (Å²) in [4.78, 5) is 0. The summed E-state index contributed by atoms with van der Waals surface area (Å²) in [5.74, 6) is -0.287. The summed E-state index contributed by atoms with van der Waals surface area (Å²) < 4.78 is 26.8. The molecule has 3 heteroatoms. The fourth-order valence-electron chi connectivity index (χ4n) is 3.70. The second kappa shape index (κ2) is 7.88. The van der Waals surface area contributed by atoms with Crippen molar-refractivity contribution in [2.75, 3.05) is 6.54 Å². The number of halogens is 2. The average molecular weight is 295 g/mol. The molecule has 1 nitrogen and oxygen atoms in total. The SMILES string of the molecule is CCCNC(c1ccc(F)c(F)c1)C1CCCCC1CC. The van der Waals surface area contributed by atoms with Gasteiger partial charge >= 0.3 is 0 Å². The quantitative estimate of drug-likeness (QED) is 0.758. The molecular weight excluding hydrogens is 268 g/mol. The molecule has 0 amide bonds. The Hall–Kier alpha value is -0.960. The molecule has 1 aromatic carbocycles. The Kier molecular flexibility index (Phi) is 6.16. The van der Waals surface area contributed by atoms with Gasteiger partial charge in [0.1, 0.15) is 0 Å². The molecule has 0 heterocycles. The van der Waals surface area contributed by atoms with E-state index in [1.165, 1.54) is 44.2 Å². The standard InChI is InChI=1S/C18H27F2N/c1-3-11-21-18(14-9-10-16(19)17(20)12-14)15-8-6-5-7-13(15)4-2/h9-10,12-13,15,18,21H,3-8,11H2,1-2H3. The van der Waals surface area contributed by atoms with Crippen LogP contribution in [0.4, 0.5) is 8.78 Å². The van der Waals surface area contributed by atoms with Gasteiger partial charge in [-0.15, -0.1) is 0 Å². The molecule has 0 saturated heterocycles. The third kappa shape index (κ3) is 4.03. The van der Waals surface area contributed by atoms with Gasteiger partial charge in [-0.25, -0.2) is 8.78 Å². The van der Waals surface area contributed by atoms with E-state index in [0.717, 1.165) is 18.5 Å². The topological polar surface area (TPSA) is 12.0 Å². The summed E-state index contributed by atoms with van der Waals surface area (Å²) in [6.07, 6.45) is 7.19. The highest BCUT2D eigenvalue weighted by atomic mass is 19.2. The zero-order valence-electron chi connectivity index (χ0n) is 13.2. The van der Waals surface area contributed by atoms with Gasteiger partial charge in [0.25, 0.3) is 0 Å². The van der Waals surface area contributed by atoms with Crippen LogP contribution in [0.15, 0.2) is 18.2 Å². The smallest absolute Gasteiger partial charge is 0.159 e. The van der Waals surface area contributed by atoms with E-state index >= 15 is 0 Å². The van der Waals surface area contributed by atoms with Gasteiger partial charge < -0.3 is 5.32 Å². The lowest BCUT2D eigenvalue weighted by atomic mass is 9.72. The molecular formula is C18H27F2N. The van der Waals surface area contributed by atoms with Gasteiger partial charge in [-0.1, -0.05) is 45.6 Å². The lowest BCUT2D eigenvalue weighted by Gasteiger charge is -2.37. The van der Waals surface area contributed by atoms with Gasteiger partial charge in [-0.3, -0.25) is 0 Å². The lowest BCUT2D eigenvalue weighted by molar-refractivity contribution is 0.175. The average Bonchev–Trinajstić information content (AvgIpc) is 2.51. The Bertz CT molecular complexity index is 447. The van der Waals surface area contributed by atoms with E-state index in [1.807, 2.05) is 0 Å². The first-order chi connectivity index (χ1) is 10.2. The molecule has 21 heavy (non-hydrogen) atoms. The Labute approximate surface area is 127 Å². The first kappa shape index (κ1) is 16.4. The van der Waals surface area contributed by atoms with Crippen molar-refractivity contribution >= 4 is 0 Å². The second-order valence-corrected chi connectivity index (χ2v) is 6.22. The Morgan fingerprint density at radius 1 is 1.14 bits per heavy atom. The summed E-state index contributed by atoms with van der Waals surface area (Å²) in [7, 11) is 0. The molecule has 1 aromatic rings. The largest absolute Gasteiger partial charge is 0.310 e. The van der Waals surface area contributed by atoms with Crippen LogP contribution in [0.2, 0.25) is 0 Å². The van der Waals surface area contributed by atoms with Gasteiger partial charge in [-0.05, 0) is 48.9 Å². The van der Waals surface area contributed by atoms with Crippen LogP contribution in [0.3, 0.4) is 0 Å². The van der Waals surface area contributed by atoms with Crippen molar-refractivity contribution in [3.8, 4) is 0 Å². The van der Waals surface area contributed by atoms with E-state index in [0.29, 0.717) is 11.8 Å². The van der Waals surface area contributed by atoms with Gasteiger partial charge in [0.05, 0.1) is 0 Å². The van der Waals surface area contributed by atoms with E-state index in [4.69, 9.17) is 0 Å². The van der Waals surface area contributed by atoms with Gasteiger partial charge in [0.2, 0.25) is 0 Å². The Morgan fingerprint density at radius 3 is 2.57 bits per heavy atom. The highest BCUT2D eigenvalue weighted by molar-refractivity contribution is 5.22. The number of benzene rings is 1. The molecule has 3 unspecified atom stereocenters. The predicted molar refractivity (Wildman–Crippen MR) is 83.1 cm³/mol. The van der Waals surface area contributed by atoms with Crippen LogP contribution in [0.25, 0.3) is 0 Å². The van der Waals surface area contributed by atoms with E-state index in [1.54, 1.807) is 6.07 Å². The summed E-state index contributed by atoms with van der Waals surface area (Å²) in [5, 5.41) is 3.58. The van der Waals surface area contributed by atoms with Gasteiger partial charge in [-0.2, -0.15) is 0 Å². The fraction of sp³-hybridized carbons (Fsp3) is 0.667. The third-order valence-corrected chi connectivity index (χ3v) is 4.84. The van der Waals surface area contributed by atoms with Crippen molar-refractivity contribution < 1.29 is 8.78 Å². The summed E-state index contributed by atoms with van der Waals surface area (Å²) in [6, 6.07) is 4.52. The van der Waals surface area contributed by atoms with E-state index in [2.05, 4.69) is 19.2 Å². The Morgan fingerprint density at radius 2 is 1.90 bits per heavy atom. The summed E-state index contributed by atoms with van der Waals surface area (Å²) in [5.41, 5.74) is 0.896. The van der Waals surface area contributed by atoms with Gasteiger partial charge in [0.15, 0.2) is 11.6 Å². The van der Waals surface area contributed by atoms with E-state index < -0.39 is 11.6 Å². The molecule has 1 saturated carbocycles. The minimum Gasteiger partial charge on any atom is -0.310 e. The molecule has 0 radical (unpaired) electrons. The zero-order chi connectivity index (χ0) is 15.2. The zero-order valence-corrected chi connectivity index (χ0v) is 13.2. The number of hydrogen-bond donors (Lipinski definition) is 1. The third-order valence-electron chi connectivity index (χ3n) is 4.84. The molecule has 118 valence electrons. The van der Waals surface area contributed by atoms with Crippen molar-refractivity contribution in [3.05, 3.63) is 35.4 Å². The van der Waals surface area contributed by atoms with Crippen molar-refractivity contribution in [1.29, 1.82) is 0 Å². The van der Waals surface area contributed by atoms with Crippen LogP contribution in [0, 0.1) is 23.5 Å². The fourth-order valence-corrected chi connectivity index (χ4v) is 3.70. The number of nitrogens with one attached hydrogen (secondary N) is 1. The molecule has 0 aromatic heterocycles. The molecule has 2 rings (SSSR count). The van der Waals surface area contributed by atoms with Crippen molar-refractivity contribution in [3.63, 3.8) is 0 Å².